The first-order valence-electron chi connectivity index (χ1n) is 7.77. The topological polar surface area (TPSA) is 50.6 Å². The first-order chi connectivity index (χ1) is 9.85. The Labute approximate surface area is 128 Å². The predicted molar refractivity (Wildman–Crippen MR) is 85.2 cm³/mol. The fraction of sp³-hybridized carbons (Fsp3) is 0.625. The first kappa shape index (κ1) is 16.5. The number of benzene rings is 1. The van der Waals surface area contributed by atoms with Crippen molar-refractivity contribution >= 4 is 10.0 Å². The minimum Gasteiger partial charge on any atom is -0.332 e. The number of sulfonamides is 1. The van der Waals surface area contributed by atoms with Gasteiger partial charge in [0.15, 0.2) is 0 Å². The molecule has 1 aromatic rings. The van der Waals surface area contributed by atoms with Crippen molar-refractivity contribution in [1.82, 2.24) is 4.72 Å². The van der Waals surface area contributed by atoms with Crippen molar-refractivity contribution in [3.8, 4) is 0 Å². The summed E-state index contributed by atoms with van der Waals surface area (Å²) in [5.41, 5.74) is 2.75. The molecule has 2 atom stereocenters. The SMILES string of the molecule is CC[NH+]1CCC[C@H]1CNS(=O)(=O)c1c(C)cc(C)cc1C. The summed E-state index contributed by atoms with van der Waals surface area (Å²) in [6.45, 7) is 10.7. The Bertz CT molecular complexity index is 588. The van der Waals surface area contributed by atoms with E-state index in [9.17, 15) is 8.42 Å². The maximum Gasteiger partial charge on any atom is 0.241 e. The fourth-order valence-corrected chi connectivity index (χ4v) is 5.10. The van der Waals surface area contributed by atoms with Crippen molar-refractivity contribution in [1.29, 1.82) is 0 Å². The highest BCUT2D eigenvalue weighted by Gasteiger charge is 2.29. The Hall–Kier alpha value is -0.910. The van der Waals surface area contributed by atoms with Crippen LogP contribution in [0.25, 0.3) is 0 Å². The first-order valence-corrected chi connectivity index (χ1v) is 9.25. The molecule has 118 valence electrons. The second-order valence-electron chi connectivity index (χ2n) is 6.18. The molecule has 1 saturated heterocycles. The number of hydrogen-bond acceptors (Lipinski definition) is 2. The second kappa shape index (κ2) is 6.46. The largest absolute Gasteiger partial charge is 0.332 e. The predicted octanol–water partition coefficient (Wildman–Crippen LogP) is 0.957. The highest BCUT2D eigenvalue weighted by molar-refractivity contribution is 7.89. The molecule has 1 aliphatic heterocycles. The molecule has 0 radical (unpaired) electrons. The molecule has 4 nitrogen and oxygen atoms in total. The Morgan fingerprint density at radius 1 is 1.24 bits per heavy atom. The van der Waals surface area contributed by atoms with Crippen molar-refractivity contribution < 1.29 is 13.3 Å². The number of aryl methyl sites for hydroxylation is 3. The van der Waals surface area contributed by atoms with Crippen molar-refractivity contribution in [2.75, 3.05) is 19.6 Å². The minimum absolute atomic E-state index is 0.413. The zero-order valence-corrected chi connectivity index (χ0v) is 14.3. The molecule has 0 bridgehead atoms. The van der Waals surface area contributed by atoms with Crippen LogP contribution in [0.15, 0.2) is 17.0 Å². The lowest BCUT2D eigenvalue weighted by Gasteiger charge is -2.21. The van der Waals surface area contributed by atoms with Crippen LogP contribution in [0.3, 0.4) is 0 Å². The maximum absolute atomic E-state index is 12.6. The highest BCUT2D eigenvalue weighted by Crippen LogP contribution is 2.21. The summed E-state index contributed by atoms with van der Waals surface area (Å²) in [7, 11) is -3.42. The van der Waals surface area contributed by atoms with Gasteiger partial charge in [0, 0.05) is 12.8 Å². The summed E-state index contributed by atoms with van der Waals surface area (Å²) < 4.78 is 28.1. The Morgan fingerprint density at radius 2 is 1.86 bits per heavy atom. The standard InChI is InChI=1S/C16H26N2O2S/c1-5-18-8-6-7-15(18)11-17-21(19,20)16-13(3)9-12(2)10-14(16)4/h9-10,15,17H,5-8,11H2,1-4H3/p+1/t15-/m0/s1. The lowest BCUT2D eigenvalue weighted by atomic mass is 10.1. The lowest BCUT2D eigenvalue weighted by Crippen LogP contribution is -3.14. The van der Waals surface area contributed by atoms with Crippen molar-refractivity contribution in [2.24, 2.45) is 0 Å². The molecule has 0 saturated carbocycles. The van der Waals surface area contributed by atoms with Crippen LogP contribution in [0.2, 0.25) is 0 Å². The van der Waals surface area contributed by atoms with E-state index in [2.05, 4.69) is 11.6 Å². The van der Waals surface area contributed by atoms with Crippen molar-refractivity contribution in [2.45, 2.75) is 51.5 Å². The lowest BCUT2D eigenvalue weighted by molar-refractivity contribution is -0.909. The number of likely N-dealkylation sites (tertiary alicyclic amines) is 1. The average molecular weight is 311 g/mol. The number of quaternary nitrogens is 1. The van der Waals surface area contributed by atoms with Gasteiger partial charge in [-0.25, -0.2) is 13.1 Å². The van der Waals surface area contributed by atoms with Gasteiger partial charge in [-0.2, -0.15) is 0 Å². The molecule has 5 heteroatoms. The van der Waals surface area contributed by atoms with Gasteiger partial charge in [-0.1, -0.05) is 17.7 Å². The zero-order valence-electron chi connectivity index (χ0n) is 13.5. The van der Waals surface area contributed by atoms with Crippen molar-refractivity contribution in [3.05, 3.63) is 28.8 Å². The Morgan fingerprint density at radius 3 is 2.43 bits per heavy atom. The number of hydrogen-bond donors (Lipinski definition) is 2. The van der Waals surface area contributed by atoms with Gasteiger partial charge in [0.2, 0.25) is 10.0 Å². The maximum atomic E-state index is 12.6. The van der Waals surface area contributed by atoms with Gasteiger partial charge < -0.3 is 4.90 Å². The van der Waals surface area contributed by atoms with E-state index in [1.165, 1.54) is 11.3 Å². The molecule has 1 heterocycles. The van der Waals surface area contributed by atoms with Crippen LogP contribution in [-0.2, 0) is 10.0 Å². The van der Waals surface area contributed by atoms with Crippen LogP contribution in [0.5, 0.6) is 0 Å². The monoisotopic (exact) mass is 311 g/mol. The number of nitrogens with one attached hydrogen (secondary N) is 2. The summed E-state index contributed by atoms with van der Waals surface area (Å²) in [6.07, 6.45) is 2.30. The van der Waals surface area contributed by atoms with E-state index < -0.39 is 10.0 Å². The molecule has 1 aliphatic rings. The molecule has 0 amide bonds. The molecule has 1 aromatic carbocycles. The van der Waals surface area contributed by atoms with E-state index in [1.54, 1.807) is 0 Å². The van der Waals surface area contributed by atoms with E-state index in [0.717, 1.165) is 36.2 Å². The summed E-state index contributed by atoms with van der Waals surface area (Å²) in [6, 6.07) is 4.28. The van der Waals surface area contributed by atoms with Crippen LogP contribution in [0.4, 0.5) is 0 Å². The molecule has 2 rings (SSSR count). The van der Waals surface area contributed by atoms with Crippen LogP contribution >= 0.6 is 0 Å². The average Bonchev–Trinajstić information content (AvgIpc) is 2.82. The third-order valence-electron chi connectivity index (χ3n) is 4.48. The summed E-state index contributed by atoms with van der Waals surface area (Å²) in [5, 5.41) is 0. The smallest absolute Gasteiger partial charge is 0.241 e. The van der Waals surface area contributed by atoms with E-state index >= 15 is 0 Å². The molecule has 21 heavy (non-hydrogen) atoms. The van der Waals surface area contributed by atoms with Gasteiger partial charge in [0.1, 0.15) is 6.04 Å². The molecule has 1 fully saturated rings. The van der Waals surface area contributed by atoms with E-state index in [1.807, 2.05) is 32.9 Å². The molecule has 2 N–H and O–H groups in total. The zero-order chi connectivity index (χ0) is 15.6. The molecule has 0 aromatic heterocycles. The van der Waals surface area contributed by atoms with Crippen LogP contribution in [0.1, 0.15) is 36.5 Å². The molecular weight excluding hydrogens is 284 g/mol. The molecule has 0 aliphatic carbocycles. The summed E-state index contributed by atoms with van der Waals surface area (Å²) >= 11 is 0. The van der Waals surface area contributed by atoms with Crippen molar-refractivity contribution in [3.63, 3.8) is 0 Å². The third-order valence-corrected chi connectivity index (χ3v) is 6.20. The summed E-state index contributed by atoms with van der Waals surface area (Å²) in [4.78, 5) is 1.96. The van der Waals surface area contributed by atoms with Crippen LogP contribution in [0, 0.1) is 20.8 Å². The Kier molecular flexibility index (Phi) is 5.07. The second-order valence-corrected chi connectivity index (χ2v) is 7.88. The third kappa shape index (κ3) is 3.65. The number of likely N-dealkylation sites (N-methyl/N-ethyl adjacent to an activating group) is 1. The summed E-state index contributed by atoms with van der Waals surface area (Å²) in [5.74, 6) is 0. The molecular formula is C16H27N2O2S+. The molecule has 0 spiro atoms. The van der Waals surface area contributed by atoms with E-state index in [-0.39, 0.29) is 0 Å². The van der Waals surface area contributed by atoms with Gasteiger partial charge in [0.25, 0.3) is 0 Å². The van der Waals surface area contributed by atoms with Gasteiger partial charge in [-0.15, -0.1) is 0 Å². The highest BCUT2D eigenvalue weighted by atomic mass is 32.2. The minimum atomic E-state index is -3.42. The van der Waals surface area contributed by atoms with Crippen LogP contribution in [-0.4, -0.2) is 34.1 Å². The quantitative estimate of drug-likeness (QED) is 0.851. The Balaban J connectivity index is 2.16. The van der Waals surface area contributed by atoms with Gasteiger partial charge in [0.05, 0.1) is 24.5 Å². The van der Waals surface area contributed by atoms with Gasteiger partial charge in [-0.3, -0.25) is 0 Å². The van der Waals surface area contributed by atoms with Gasteiger partial charge >= 0.3 is 0 Å². The normalized spacial score (nSPS) is 22.7. The molecule has 1 unspecified atom stereocenters. The van der Waals surface area contributed by atoms with Crippen LogP contribution < -0.4 is 9.62 Å². The fourth-order valence-electron chi connectivity index (χ4n) is 3.57. The van der Waals surface area contributed by atoms with Gasteiger partial charge in [-0.05, 0) is 38.8 Å². The van der Waals surface area contributed by atoms with E-state index in [0.29, 0.717) is 17.5 Å². The number of rotatable bonds is 5. The van der Waals surface area contributed by atoms with E-state index in [4.69, 9.17) is 0 Å².